The minimum Gasteiger partial charge on any atom is -0.390 e. The molecule has 0 amide bonds. The Labute approximate surface area is 167 Å². The van der Waals surface area contributed by atoms with Gasteiger partial charge in [-0.15, -0.1) is 11.3 Å². The number of hydrogen-bond donors (Lipinski definition) is 1. The van der Waals surface area contributed by atoms with Gasteiger partial charge in [0.15, 0.2) is 5.03 Å². The third-order valence-corrected chi connectivity index (χ3v) is 6.86. The quantitative estimate of drug-likeness (QED) is 0.495. The largest absolute Gasteiger partial charge is 0.390 e. The summed E-state index contributed by atoms with van der Waals surface area (Å²) in [6, 6.07) is 10.6. The first-order valence-corrected chi connectivity index (χ1v) is 10.6. The molecule has 0 fully saturated rings. The maximum absolute atomic E-state index is 13.2. The van der Waals surface area contributed by atoms with E-state index in [9.17, 15) is 17.6 Å². The van der Waals surface area contributed by atoms with Crippen LogP contribution in [0.4, 0.5) is 9.39 Å². The first-order valence-electron chi connectivity index (χ1n) is 7.85. The molecule has 0 aliphatic rings. The van der Waals surface area contributed by atoms with Crippen molar-refractivity contribution in [3.8, 4) is 5.69 Å². The zero-order valence-corrected chi connectivity index (χ0v) is 16.4. The average molecular weight is 436 g/mol. The number of rotatable bonds is 3. The van der Waals surface area contributed by atoms with Gasteiger partial charge in [-0.05, 0) is 48.5 Å². The molecule has 0 saturated carbocycles. The Balaban J connectivity index is 2.06. The molecule has 2 N–H and O–H groups in total. The number of hydrogen-bond acceptors (Lipinski definition) is 6. The van der Waals surface area contributed by atoms with Crippen LogP contribution in [0.2, 0.25) is 5.02 Å². The van der Waals surface area contributed by atoms with Crippen LogP contribution in [0.15, 0.2) is 68.6 Å². The summed E-state index contributed by atoms with van der Waals surface area (Å²) >= 11 is 6.93. The summed E-state index contributed by atoms with van der Waals surface area (Å²) < 4.78 is 40.5. The topological polar surface area (TPSA) is 95.1 Å². The Morgan fingerprint density at radius 3 is 2.36 bits per heavy atom. The lowest BCUT2D eigenvalue weighted by Crippen LogP contribution is -2.24. The zero-order valence-electron chi connectivity index (χ0n) is 14.0. The van der Waals surface area contributed by atoms with Crippen molar-refractivity contribution in [1.82, 2.24) is 9.78 Å². The van der Waals surface area contributed by atoms with Gasteiger partial charge in [0, 0.05) is 15.8 Å². The second-order valence-electron chi connectivity index (χ2n) is 5.84. The molecule has 0 bridgehead atoms. The zero-order chi connectivity index (χ0) is 20.1. The van der Waals surface area contributed by atoms with Crippen molar-refractivity contribution in [3.05, 3.63) is 75.1 Å². The fraction of sp³-hybridized carbons (Fsp3) is 0. The van der Waals surface area contributed by atoms with E-state index in [0.717, 1.165) is 40.3 Å². The number of nitrogens with zero attached hydrogens (tertiary/aromatic N) is 2. The van der Waals surface area contributed by atoms with Gasteiger partial charge in [-0.25, -0.2) is 12.8 Å². The number of aromatic nitrogens is 2. The van der Waals surface area contributed by atoms with E-state index in [1.807, 2.05) is 0 Å². The van der Waals surface area contributed by atoms with E-state index in [2.05, 4.69) is 5.10 Å². The minimum absolute atomic E-state index is 0.0654. The third-order valence-electron chi connectivity index (χ3n) is 4.10. The second-order valence-corrected chi connectivity index (χ2v) is 9.06. The van der Waals surface area contributed by atoms with Gasteiger partial charge in [-0.3, -0.25) is 4.79 Å². The summed E-state index contributed by atoms with van der Waals surface area (Å²) in [5.41, 5.74) is 5.71. The van der Waals surface area contributed by atoms with Gasteiger partial charge >= 0.3 is 0 Å². The van der Waals surface area contributed by atoms with E-state index in [0.29, 0.717) is 10.7 Å². The third kappa shape index (κ3) is 2.97. The number of benzene rings is 2. The molecular formula is C18H11ClFN3O3S2. The highest BCUT2D eigenvalue weighted by molar-refractivity contribution is 7.91. The summed E-state index contributed by atoms with van der Waals surface area (Å²) in [4.78, 5) is 12.8. The highest BCUT2D eigenvalue weighted by Crippen LogP contribution is 2.32. The van der Waals surface area contributed by atoms with Crippen LogP contribution in [-0.2, 0) is 9.84 Å². The van der Waals surface area contributed by atoms with Crippen molar-refractivity contribution in [3.63, 3.8) is 0 Å². The fourth-order valence-electron chi connectivity index (χ4n) is 2.73. The van der Waals surface area contributed by atoms with Gasteiger partial charge < -0.3 is 5.73 Å². The van der Waals surface area contributed by atoms with Crippen molar-refractivity contribution in [1.29, 1.82) is 0 Å². The summed E-state index contributed by atoms with van der Waals surface area (Å²) in [6.45, 7) is 0. The molecule has 2 aromatic heterocycles. The Kier molecular flexibility index (Phi) is 4.45. The van der Waals surface area contributed by atoms with E-state index >= 15 is 0 Å². The van der Waals surface area contributed by atoms with E-state index < -0.39 is 21.2 Å². The molecule has 4 rings (SSSR count). The maximum Gasteiger partial charge on any atom is 0.282 e. The van der Waals surface area contributed by atoms with Crippen LogP contribution >= 0.6 is 22.9 Å². The maximum atomic E-state index is 13.2. The minimum atomic E-state index is -4.14. The van der Waals surface area contributed by atoms with Gasteiger partial charge in [0.05, 0.1) is 21.0 Å². The molecule has 0 spiro atoms. The van der Waals surface area contributed by atoms with Crippen LogP contribution in [0.25, 0.3) is 16.5 Å². The van der Waals surface area contributed by atoms with Crippen molar-refractivity contribution < 1.29 is 12.8 Å². The van der Waals surface area contributed by atoms with Gasteiger partial charge in [-0.2, -0.15) is 9.78 Å². The number of anilines is 1. The smallest absolute Gasteiger partial charge is 0.282 e. The van der Waals surface area contributed by atoms with Gasteiger partial charge in [-0.1, -0.05) is 11.6 Å². The van der Waals surface area contributed by atoms with Crippen molar-refractivity contribution >= 4 is 48.5 Å². The first kappa shape index (κ1) is 18.6. The Bertz CT molecular complexity index is 1360. The highest BCUT2D eigenvalue weighted by atomic mass is 35.5. The normalized spacial score (nSPS) is 11.8. The number of nitrogens with two attached hydrogens (primary N) is 1. The standard InChI is InChI=1S/C18H11ClFN3O3S2/c19-10-1-5-12(6-2-10)23-18(24)15-14(9-27-16(15)21)17(22-23)28(25,26)13-7-3-11(20)4-8-13/h1-9H,21H2. The van der Waals surface area contributed by atoms with Gasteiger partial charge in [0.1, 0.15) is 5.82 Å². The molecule has 0 aliphatic carbocycles. The van der Waals surface area contributed by atoms with Crippen LogP contribution in [0.1, 0.15) is 0 Å². The number of sulfone groups is 1. The lowest BCUT2D eigenvalue weighted by atomic mass is 10.3. The summed E-state index contributed by atoms with van der Waals surface area (Å²) in [7, 11) is -4.14. The highest BCUT2D eigenvalue weighted by Gasteiger charge is 2.27. The first-order chi connectivity index (χ1) is 13.3. The lowest BCUT2D eigenvalue weighted by molar-refractivity contribution is 0.587. The molecule has 28 heavy (non-hydrogen) atoms. The van der Waals surface area contributed by atoms with Crippen LogP contribution in [0.5, 0.6) is 0 Å². The van der Waals surface area contributed by atoms with E-state index in [4.69, 9.17) is 17.3 Å². The van der Waals surface area contributed by atoms with Crippen molar-refractivity contribution in [2.45, 2.75) is 9.92 Å². The van der Waals surface area contributed by atoms with E-state index in [1.54, 1.807) is 24.3 Å². The predicted octanol–water partition coefficient (Wildman–Crippen LogP) is 3.65. The van der Waals surface area contributed by atoms with Crippen LogP contribution in [-0.4, -0.2) is 18.2 Å². The Morgan fingerprint density at radius 1 is 1.07 bits per heavy atom. The number of nitrogen functional groups attached to an aromatic ring is 1. The summed E-state index contributed by atoms with van der Waals surface area (Å²) in [5, 5.41) is 6.08. The molecule has 4 aromatic rings. The van der Waals surface area contributed by atoms with Crippen LogP contribution in [0.3, 0.4) is 0 Å². The lowest BCUT2D eigenvalue weighted by Gasteiger charge is -2.10. The molecule has 10 heteroatoms. The monoisotopic (exact) mass is 435 g/mol. The molecule has 142 valence electrons. The van der Waals surface area contributed by atoms with Crippen molar-refractivity contribution in [2.24, 2.45) is 0 Å². The summed E-state index contributed by atoms with van der Waals surface area (Å²) in [6.07, 6.45) is 0. The molecule has 0 saturated heterocycles. The number of thiophene rings is 1. The molecule has 0 radical (unpaired) electrons. The number of fused-ring (bicyclic) bond motifs is 1. The van der Waals surface area contributed by atoms with Crippen LogP contribution < -0.4 is 11.3 Å². The Hall–Kier alpha value is -2.75. The molecule has 0 atom stereocenters. The predicted molar refractivity (Wildman–Crippen MR) is 106 cm³/mol. The fourth-order valence-corrected chi connectivity index (χ4v) is 5.08. The molecule has 0 aliphatic heterocycles. The molecular weight excluding hydrogens is 425 g/mol. The molecule has 2 heterocycles. The molecule has 6 nitrogen and oxygen atoms in total. The molecule has 0 unspecified atom stereocenters. The number of halogens is 2. The van der Waals surface area contributed by atoms with Crippen molar-refractivity contribution in [2.75, 3.05) is 5.73 Å². The Morgan fingerprint density at radius 2 is 1.71 bits per heavy atom. The molecule has 2 aromatic carbocycles. The van der Waals surface area contributed by atoms with Gasteiger partial charge in [0.2, 0.25) is 9.84 Å². The van der Waals surface area contributed by atoms with E-state index in [-0.39, 0.29) is 25.7 Å². The van der Waals surface area contributed by atoms with Gasteiger partial charge in [0.25, 0.3) is 5.56 Å². The summed E-state index contributed by atoms with van der Waals surface area (Å²) in [5.74, 6) is -0.567. The second kappa shape index (κ2) is 6.69. The van der Waals surface area contributed by atoms with E-state index in [1.165, 1.54) is 5.38 Å². The van der Waals surface area contributed by atoms with Crippen LogP contribution in [0, 0.1) is 5.82 Å². The average Bonchev–Trinajstić information content (AvgIpc) is 3.05. The SMILES string of the molecule is Nc1scc2c(S(=O)(=O)c3ccc(F)cc3)nn(-c3ccc(Cl)cc3)c(=O)c12.